The van der Waals surface area contributed by atoms with E-state index >= 15 is 0 Å². The molecular formula is C12H9ClN2O2. The van der Waals surface area contributed by atoms with Crippen LogP contribution < -0.4 is 5.32 Å². The van der Waals surface area contributed by atoms with Gasteiger partial charge in [0.2, 0.25) is 0 Å². The van der Waals surface area contributed by atoms with Crippen LogP contribution in [0.2, 0.25) is 5.02 Å². The Hall–Kier alpha value is -2.07. The van der Waals surface area contributed by atoms with Gasteiger partial charge in [-0.05, 0) is 30.3 Å². The Kier molecular flexibility index (Phi) is 3.25. The highest BCUT2D eigenvalue weighted by atomic mass is 35.5. The lowest BCUT2D eigenvalue weighted by atomic mass is 10.2. The molecule has 1 aromatic carbocycles. The first-order chi connectivity index (χ1) is 8.15. The lowest BCUT2D eigenvalue weighted by molar-refractivity contribution is 0.0697. The molecule has 0 atom stereocenters. The minimum absolute atomic E-state index is 0.219. The summed E-state index contributed by atoms with van der Waals surface area (Å²) in [5.41, 5.74) is 0.872. The second kappa shape index (κ2) is 4.84. The van der Waals surface area contributed by atoms with Crippen LogP contribution in [0.4, 0.5) is 11.5 Å². The molecule has 86 valence electrons. The van der Waals surface area contributed by atoms with Gasteiger partial charge in [-0.15, -0.1) is 0 Å². The zero-order chi connectivity index (χ0) is 12.3. The maximum Gasteiger partial charge on any atom is 0.335 e. The highest BCUT2D eigenvalue weighted by Gasteiger charge is 2.03. The predicted molar refractivity (Wildman–Crippen MR) is 65.9 cm³/mol. The molecular weight excluding hydrogens is 240 g/mol. The third-order valence-electron chi connectivity index (χ3n) is 2.10. The first kappa shape index (κ1) is 11.4. The Morgan fingerprint density at radius 2 is 2.12 bits per heavy atom. The fraction of sp³-hybridized carbons (Fsp3) is 0. The van der Waals surface area contributed by atoms with Crippen LogP contribution in [0.1, 0.15) is 10.4 Å². The van der Waals surface area contributed by atoms with Gasteiger partial charge in [0.15, 0.2) is 0 Å². The summed E-state index contributed by atoms with van der Waals surface area (Å²) >= 11 is 5.82. The number of carboxylic acid groups (broad SMARTS) is 1. The maximum atomic E-state index is 10.8. The lowest BCUT2D eigenvalue weighted by Crippen LogP contribution is -1.98. The van der Waals surface area contributed by atoms with Crippen LogP contribution in [0, 0.1) is 0 Å². The van der Waals surface area contributed by atoms with Crippen LogP contribution in [0.25, 0.3) is 0 Å². The number of hydrogen-bond acceptors (Lipinski definition) is 3. The number of pyridine rings is 1. The van der Waals surface area contributed by atoms with Crippen molar-refractivity contribution in [2.24, 2.45) is 0 Å². The lowest BCUT2D eigenvalue weighted by Gasteiger charge is -2.06. The molecule has 0 bridgehead atoms. The molecule has 0 aliphatic rings. The number of hydrogen-bond donors (Lipinski definition) is 2. The largest absolute Gasteiger partial charge is 0.478 e. The van der Waals surface area contributed by atoms with E-state index in [0.29, 0.717) is 16.5 Å². The zero-order valence-electron chi connectivity index (χ0n) is 8.72. The average molecular weight is 249 g/mol. The molecule has 17 heavy (non-hydrogen) atoms. The molecule has 1 heterocycles. The van der Waals surface area contributed by atoms with E-state index in [1.54, 1.807) is 30.5 Å². The summed E-state index contributed by atoms with van der Waals surface area (Å²) in [6.45, 7) is 0. The number of rotatable bonds is 3. The van der Waals surface area contributed by atoms with E-state index in [4.69, 9.17) is 16.7 Å². The number of benzene rings is 1. The first-order valence-corrected chi connectivity index (χ1v) is 5.25. The highest BCUT2D eigenvalue weighted by molar-refractivity contribution is 6.30. The second-order valence-electron chi connectivity index (χ2n) is 3.37. The number of nitrogens with one attached hydrogen (secondary N) is 1. The van der Waals surface area contributed by atoms with E-state index in [0.717, 1.165) is 0 Å². The molecule has 1 aromatic heterocycles. The van der Waals surface area contributed by atoms with Gasteiger partial charge in [0.1, 0.15) is 5.82 Å². The summed E-state index contributed by atoms with van der Waals surface area (Å²) in [5.74, 6) is -0.396. The molecule has 0 unspecified atom stereocenters. The monoisotopic (exact) mass is 248 g/mol. The number of aromatic carboxylic acids is 1. The second-order valence-corrected chi connectivity index (χ2v) is 3.81. The smallest absolute Gasteiger partial charge is 0.335 e. The standard InChI is InChI=1S/C12H9ClN2O2/c13-9-4-5-14-11(7-9)15-10-3-1-2-8(6-10)12(16)17/h1-7H,(H,14,15)(H,16,17). The Labute approximate surface area is 103 Å². The van der Waals surface area contributed by atoms with Gasteiger partial charge in [-0.25, -0.2) is 9.78 Å². The summed E-state index contributed by atoms with van der Waals surface area (Å²) in [7, 11) is 0. The molecule has 0 aliphatic carbocycles. The first-order valence-electron chi connectivity index (χ1n) is 4.87. The van der Waals surface area contributed by atoms with E-state index in [1.165, 1.54) is 12.1 Å². The van der Waals surface area contributed by atoms with Gasteiger partial charge in [-0.3, -0.25) is 0 Å². The van der Waals surface area contributed by atoms with Gasteiger partial charge in [-0.2, -0.15) is 0 Å². The minimum atomic E-state index is -0.965. The van der Waals surface area contributed by atoms with Crippen molar-refractivity contribution in [3.8, 4) is 0 Å². The fourth-order valence-electron chi connectivity index (χ4n) is 1.35. The Morgan fingerprint density at radius 3 is 2.82 bits per heavy atom. The highest BCUT2D eigenvalue weighted by Crippen LogP contribution is 2.18. The van der Waals surface area contributed by atoms with Gasteiger partial charge in [0.05, 0.1) is 5.56 Å². The third-order valence-corrected chi connectivity index (χ3v) is 2.34. The Bertz CT molecular complexity index is 558. The summed E-state index contributed by atoms with van der Waals surface area (Å²) in [4.78, 5) is 14.9. The molecule has 2 rings (SSSR count). The van der Waals surface area contributed by atoms with Crippen LogP contribution >= 0.6 is 11.6 Å². The summed E-state index contributed by atoms with van der Waals surface area (Å²) in [5, 5.41) is 12.4. The average Bonchev–Trinajstić information content (AvgIpc) is 2.29. The van der Waals surface area contributed by atoms with Gasteiger partial charge in [-0.1, -0.05) is 17.7 Å². The van der Waals surface area contributed by atoms with Gasteiger partial charge < -0.3 is 10.4 Å². The number of halogens is 1. The minimum Gasteiger partial charge on any atom is -0.478 e. The molecule has 5 heteroatoms. The molecule has 4 nitrogen and oxygen atoms in total. The number of nitrogens with zero attached hydrogens (tertiary/aromatic N) is 1. The maximum absolute atomic E-state index is 10.8. The zero-order valence-corrected chi connectivity index (χ0v) is 9.48. The molecule has 0 saturated carbocycles. The van der Waals surface area contributed by atoms with Crippen molar-refractivity contribution in [2.75, 3.05) is 5.32 Å². The van der Waals surface area contributed by atoms with Crippen molar-refractivity contribution in [1.82, 2.24) is 4.98 Å². The van der Waals surface area contributed by atoms with Gasteiger partial charge >= 0.3 is 5.97 Å². The topological polar surface area (TPSA) is 62.2 Å². The van der Waals surface area contributed by atoms with Crippen LogP contribution in [0.15, 0.2) is 42.6 Å². The number of anilines is 2. The van der Waals surface area contributed by atoms with Crippen LogP contribution in [0.5, 0.6) is 0 Å². The molecule has 0 saturated heterocycles. The van der Waals surface area contributed by atoms with E-state index in [-0.39, 0.29) is 5.56 Å². The molecule has 2 N–H and O–H groups in total. The van der Waals surface area contributed by atoms with Crippen molar-refractivity contribution in [1.29, 1.82) is 0 Å². The predicted octanol–water partition coefficient (Wildman–Crippen LogP) is 3.18. The van der Waals surface area contributed by atoms with Crippen molar-refractivity contribution in [3.05, 3.63) is 53.2 Å². The van der Waals surface area contributed by atoms with Crippen molar-refractivity contribution >= 4 is 29.1 Å². The van der Waals surface area contributed by atoms with E-state index < -0.39 is 5.97 Å². The summed E-state index contributed by atoms with van der Waals surface area (Å²) in [6, 6.07) is 9.81. The molecule has 0 radical (unpaired) electrons. The molecule has 0 fully saturated rings. The number of carbonyl (C=O) groups is 1. The van der Waals surface area contributed by atoms with Crippen molar-refractivity contribution < 1.29 is 9.90 Å². The SMILES string of the molecule is O=C(O)c1cccc(Nc2cc(Cl)ccn2)c1. The molecule has 0 aliphatic heterocycles. The fourth-order valence-corrected chi connectivity index (χ4v) is 1.51. The number of aromatic nitrogens is 1. The summed E-state index contributed by atoms with van der Waals surface area (Å²) in [6.07, 6.45) is 1.58. The van der Waals surface area contributed by atoms with E-state index in [2.05, 4.69) is 10.3 Å². The quantitative estimate of drug-likeness (QED) is 0.876. The molecule has 2 aromatic rings. The molecule has 0 amide bonds. The van der Waals surface area contributed by atoms with E-state index in [9.17, 15) is 4.79 Å². The Morgan fingerprint density at radius 1 is 1.29 bits per heavy atom. The van der Waals surface area contributed by atoms with Crippen LogP contribution in [-0.2, 0) is 0 Å². The normalized spacial score (nSPS) is 9.94. The van der Waals surface area contributed by atoms with Gasteiger partial charge in [0.25, 0.3) is 0 Å². The molecule has 0 spiro atoms. The Balaban J connectivity index is 2.24. The number of carboxylic acids is 1. The third kappa shape index (κ3) is 2.95. The van der Waals surface area contributed by atoms with Crippen LogP contribution in [0.3, 0.4) is 0 Å². The van der Waals surface area contributed by atoms with Crippen LogP contribution in [-0.4, -0.2) is 16.1 Å². The van der Waals surface area contributed by atoms with E-state index in [1.807, 2.05) is 0 Å². The summed E-state index contributed by atoms with van der Waals surface area (Å²) < 4.78 is 0. The van der Waals surface area contributed by atoms with Crippen molar-refractivity contribution in [2.45, 2.75) is 0 Å². The van der Waals surface area contributed by atoms with Gasteiger partial charge in [0, 0.05) is 16.9 Å². The van der Waals surface area contributed by atoms with Crippen molar-refractivity contribution in [3.63, 3.8) is 0 Å².